The van der Waals surface area contributed by atoms with Crippen LogP contribution in [0.5, 0.6) is 0 Å². The second-order valence-electron chi connectivity index (χ2n) is 10.2. The average molecular weight is 517 g/mol. The normalized spacial score (nSPS) is 17.6. The van der Waals surface area contributed by atoms with Crippen molar-refractivity contribution in [2.75, 3.05) is 5.32 Å². The van der Waals surface area contributed by atoms with E-state index in [-0.39, 0.29) is 18.0 Å². The standard InChI is InChI=1S/C31H25FN6O/c32-18-8-13-24-25(14-18)37-31(36-24)23-5-3-7-29-30(23)22-4-1-2-6-28(22)38(29)20-15-26(27(16-33)34-17-20)35-19-9-11-21(39)12-10-19/h1-8,13-15,17,19,21,35,39H,9-12H2,(H,36,37). The number of aliphatic hydroxyl groups excluding tert-OH is 1. The summed E-state index contributed by atoms with van der Waals surface area (Å²) in [6.45, 7) is 0. The quantitative estimate of drug-likeness (QED) is 0.250. The van der Waals surface area contributed by atoms with E-state index in [1.54, 1.807) is 12.3 Å². The van der Waals surface area contributed by atoms with E-state index in [9.17, 15) is 14.8 Å². The number of nitriles is 1. The van der Waals surface area contributed by atoms with Gasteiger partial charge in [0.1, 0.15) is 17.7 Å². The molecule has 1 saturated carbocycles. The molecule has 0 spiro atoms. The summed E-state index contributed by atoms with van der Waals surface area (Å²) < 4.78 is 16.0. The fourth-order valence-corrected chi connectivity index (χ4v) is 5.82. The highest BCUT2D eigenvalue weighted by molar-refractivity contribution is 6.15. The summed E-state index contributed by atoms with van der Waals surface area (Å²) in [6.07, 6.45) is 4.66. The molecule has 3 N–H and O–H groups in total. The molecule has 8 heteroatoms. The van der Waals surface area contributed by atoms with Crippen molar-refractivity contribution in [3.63, 3.8) is 0 Å². The number of nitrogens with zero attached hydrogens (tertiary/aromatic N) is 4. The number of anilines is 1. The zero-order chi connectivity index (χ0) is 26.5. The molecule has 6 aromatic rings. The Bertz CT molecular complexity index is 1910. The minimum atomic E-state index is -0.311. The van der Waals surface area contributed by atoms with E-state index in [0.717, 1.165) is 58.7 Å². The zero-order valence-corrected chi connectivity index (χ0v) is 21.0. The van der Waals surface area contributed by atoms with Crippen molar-refractivity contribution >= 4 is 38.5 Å². The van der Waals surface area contributed by atoms with Crippen LogP contribution < -0.4 is 5.32 Å². The van der Waals surface area contributed by atoms with Crippen LogP contribution in [0.2, 0.25) is 0 Å². The maximum absolute atomic E-state index is 13.9. The Balaban J connectivity index is 1.40. The molecule has 0 bridgehead atoms. The lowest BCUT2D eigenvalue weighted by Crippen LogP contribution is -2.28. The van der Waals surface area contributed by atoms with Gasteiger partial charge in [-0.1, -0.05) is 30.3 Å². The van der Waals surface area contributed by atoms with Gasteiger partial charge in [0.25, 0.3) is 0 Å². The van der Waals surface area contributed by atoms with Crippen LogP contribution in [0.25, 0.3) is 49.9 Å². The first-order chi connectivity index (χ1) is 19.1. The van der Waals surface area contributed by atoms with E-state index in [1.165, 1.54) is 12.1 Å². The number of rotatable bonds is 4. The van der Waals surface area contributed by atoms with Gasteiger partial charge in [0.15, 0.2) is 5.69 Å². The molecule has 0 radical (unpaired) electrons. The molecule has 7 rings (SSSR count). The zero-order valence-electron chi connectivity index (χ0n) is 21.0. The van der Waals surface area contributed by atoms with Gasteiger partial charge in [0.2, 0.25) is 0 Å². The second-order valence-corrected chi connectivity index (χ2v) is 10.2. The number of hydrogen-bond donors (Lipinski definition) is 3. The Kier molecular flexibility index (Phi) is 5.53. The maximum Gasteiger partial charge on any atom is 0.163 e. The highest BCUT2D eigenvalue weighted by Crippen LogP contribution is 2.38. The molecular formula is C31H25FN6O. The Morgan fingerprint density at radius 2 is 1.82 bits per heavy atom. The summed E-state index contributed by atoms with van der Waals surface area (Å²) in [5.74, 6) is 0.360. The van der Waals surface area contributed by atoms with Gasteiger partial charge in [-0.05, 0) is 62.1 Å². The fraction of sp³-hybridized carbons (Fsp3) is 0.194. The van der Waals surface area contributed by atoms with E-state index in [0.29, 0.717) is 28.2 Å². The first kappa shape index (κ1) is 23.4. The van der Waals surface area contributed by atoms with Crippen LogP contribution in [0.3, 0.4) is 0 Å². The summed E-state index contributed by atoms with van der Waals surface area (Å²) in [4.78, 5) is 12.6. The van der Waals surface area contributed by atoms with Gasteiger partial charge < -0.3 is 20.0 Å². The molecule has 1 aliphatic rings. The summed E-state index contributed by atoms with van der Waals surface area (Å²) in [6, 6.07) is 23.2. The third-order valence-corrected chi connectivity index (χ3v) is 7.69. The van der Waals surface area contributed by atoms with Crippen LogP contribution in [-0.2, 0) is 0 Å². The minimum Gasteiger partial charge on any atom is -0.393 e. The van der Waals surface area contributed by atoms with Gasteiger partial charge in [0, 0.05) is 22.4 Å². The lowest BCUT2D eigenvalue weighted by molar-refractivity contribution is 0.126. The topological polar surface area (TPSA) is 103 Å². The molecule has 3 heterocycles. The van der Waals surface area contributed by atoms with Crippen molar-refractivity contribution in [1.29, 1.82) is 5.26 Å². The van der Waals surface area contributed by atoms with Crippen molar-refractivity contribution in [1.82, 2.24) is 19.5 Å². The van der Waals surface area contributed by atoms with E-state index >= 15 is 0 Å². The van der Waals surface area contributed by atoms with E-state index < -0.39 is 0 Å². The maximum atomic E-state index is 13.9. The first-order valence-electron chi connectivity index (χ1n) is 13.1. The van der Waals surface area contributed by atoms with Gasteiger partial charge in [-0.15, -0.1) is 0 Å². The molecular weight excluding hydrogens is 491 g/mol. The van der Waals surface area contributed by atoms with E-state index in [2.05, 4.69) is 44.1 Å². The van der Waals surface area contributed by atoms with Gasteiger partial charge in [0.05, 0.1) is 45.7 Å². The number of nitrogens with one attached hydrogen (secondary N) is 2. The highest BCUT2D eigenvalue weighted by Gasteiger charge is 2.22. The van der Waals surface area contributed by atoms with Crippen molar-refractivity contribution in [3.8, 4) is 23.1 Å². The third kappa shape index (κ3) is 3.99. The molecule has 3 aromatic carbocycles. The molecule has 39 heavy (non-hydrogen) atoms. The predicted octanol–water partition coefficient (Wildman–Crippen LogP) is 6.45. The number of aromatic nitrogens is 4. The van der Waals surface area contributed by atoms with Gasteiger partial charge >= 0.3 is 0 Å². The summed E-state index contributed by atoms with van der Waals surface area (Å²) in [5.41, 5.74) is 6.11. The number of H-pyrrole nitrogens is 1. The molecule has 0 saturated heterocycles. The monoisotopic (exact) mass is 516 g/mol. The van der Waals surface area contributed by atoms with Crippen molar-refractivity contribution in [3.05, 3.63) is 84.4 Å². The van der Waals surface area contributed by atoms with Crippen molar-refractivity contribution in [2.24, 2.45) is 0 Å². The number of aromatic amines is 1. The largest absolute Gasteiger partial charge is 0.393 e. The number of pyridine rings is 1. The SMILES string of the molecule is N#Cc1ncc(-n2c3ccccc3c3c(-c4nc5ccc(F)cc5[nH]4)cccc32)cc1NC1CCC(O)CC1. The van der Waals surface area contributed by atoms with Crippen molar-refractivity contribution < 1.29 is 9.50 Å². The molecule has 0 aliphatic heterocycles. The molecule has 0 atom stereocenters. The fourth-order valence-electron chi connectivity index (χ4n) is 5.82. The van der Waals surface area contributed by atoms with E-state index in [1.807, 2.05) is 30.3 Å². The molecule has 3 aromatic heterocycles. The summed E-state index contributed by atoms with van der Waals surface area (Å²) >= 11 is 0. The van der Waals surface area contributed by atoms with Gasteiger partial charge in [-0.3, -0.25) is 0 Å². The summed E-state index contributed by atoms with van der Waals surface area (Å²) in [5, 5.41) is 25.3. The second kappa shape index (κ2) is 9.22. The van der Waals surface area contributed by atoms with Crippen LogP contribution in [0.1, 0.15) is 31.4 Å². The Hall–Kier alpha value is -4.74. The lowest BCUT2D eigenvalue weighted by Gasteiger charge is -2.27. The lowest BCUT2D eigenvalue weighted by atomic mass is 9.93. The van der Waals surface area contributed by atoms with Crippen LogP contribution in [0, 0.1) is 17.1 Å². The van der Waals surface area contributed by atoms with E-state index in [4.69, 9.17) is 4.98 Å². The van der Waals surface area contributed by atoms with Gasteiger partial charge in [-0.25, -0.2) is 14.4 Å². The molecule has 7 nitrogen and oxygen atoms in total. The number of hydrogen-bond acceptors (Lipinski definition) is 5. The minimum absolute atomic E-state index is 0.181. The van der Waals surface area contributed by atoms with Crippen LogP contribution in [0.4, 0.5) is 10.1 Å². The van der Waals surface area contributed by atoms with Crippen molar-refractivity contribution in [2.45, 2.75) is 37.8 Å². The molecule has 0 amide bonds. The number of aliphatic hydroxyl groups is 1. The van der Waals surface area contributed by atoms with Crippen LogP contribution in [0.15, 0.2) is 72.9 Å². The molecule has 1 aliphatic carbocycles. The van der Waals surface area contributed by atoms with Crippen LogP contribution >= 0.6 is 0 Å². The number of imidazole rings is 1. The molecule has 192 valence electrons. The van der Waals surface area contributed by atoms with Gasteiger partial charge in [-0.2, -0.15) is 5.26 Å². The third-order valence-electron chi connectivity index (χ3n) is 7.69. The average Bonchev–Trinajstić information content (AvgIpc) is 3.53. The highest BCUT2D eigenvalue weighted by atomic mass is 19.1. The molecule has 1 fully saturated rings. The Morgan fingerprint density at radius 3 is 2.67 bits per heavy atom. The summed E-state index contributed by atoms with van der Waals surface area (Å²) in [7, 11) is 0. The predicted molar refractivity (Wildman–Crippen MR) is 150 cm³/mol. The Morgan fingerprint density at radius 1 is 1.00 bits per heavy atom. The number of para-hydroxylation sites is 1. The Labute approximate surface area is 223 Å². The molecule has 0 unspecified atom stereocenters. The smallest absolute Gasteiger partial charge is 0.163 e. The van der Waals surface area contributed by atoms with Crippen LogP contribution in [-0.4, -0.2) is 36.8 Å². The first-order valence-corrected chi connectivity index (χ1v) is 13.1. The number of benzene rings is 3. The number of fused-ring (bicyclic) bond motifs is 4. The number of halogens is 1.